The molecule has 0 aliphatic carbocycles. The number of carbonyl (C=O) groups is 2. The van der Waals surface area contributed by atoms with Gasteiger partial charge in [0.15, 0.2) is 0 Å². The number of hydrogen-bond donors (Lipinski definition) is 2. The summed E-state index contributed by atoms with van der Waals surface area (Å²) in [7, 11) is 1.78. The zero-order valence-corrected chi connectivity index (χ0v) is 25.3. The van der Waals surface area contributed by atoms with Gasteiger partial charge in [-0.15, -0.1) is 36.2 Å². The number of benzene rings is 1. The Labute approximate surface area is 245 Å². The second kappa shape index (κ2) is 14.6. The molecule has 1 aromatic carbocycles. The van der Waals surface area contributed by atoms with E-state index in [0.717, 1.165) is 23.4 Å². The molecule has 2 N–H and O–H groups in total. The highest BCUT2D eigenvalue weighted by atomic mass is 35.5. The number of carbonyl (C=O) groups excluding carboxylic acids is 2. The van der Waals surface area contributed by atoms with Crippen LogP contribution in [0.5, 0.6) is 0 Å². The molecular weight excluding hydrogens is 561 g/mol. The normalized spacial score (nSPS) is 12.5. The van der Waals surface area contributed by atoms with Crippen LogP contribution < -0.4 is 10.6 Å². The first-order valence-electron chi connectivity index (χ1n) is 12.4. The fourth-order valence-electron chi connectivity index (χ4n) is 4.13. The molecule has 0 fully saturated rings. The monoisotopic (exact) mass is 597 g/mol. The van der Waals surface area contributed by atoms with Gasteiger partial charge in [0.05, 0.1) is 13.1 Å². The number of aryl methyl sites for hydroxylation is 2. The van der Waals surface area contributed by atoms with Crippen LogP contribution in [0.15, 0.2) is 34.2 Å². The summed E-state index contributed by atoms with van der Waals surface area (Å²) in [5.74, 6) is 0.731. The molecule has 0 spiro atoms. The largest absolute Gasteiger partial charge is 0.376 e. The van der Waals surface area contributed by atoms with E-state index in [4.69, 9.17) is 4.52 Å². The molecule has 2 amide bonds. The van der Waals surface area contributed by atoms with Crippen molar-refractivity contribution in [1.29, 1.82) is 0 Å². The molecule has 0 saturated heterocycles. The lowest BCUT2D eigenvalue weighted by Crippen LogP contribution is -2.49. The van der Waals surface area contributed by atoms with Gasteiger partial charge in [-0.3, -0.25) is 14.6 Å². The molecule has 10 nitrogen and oxygen atoms in total. The summed E-state index contributed by atoms with van der Waals surface area (Å²) < 4.78 is 5.09. The third-order valence-corrected chi connectivity index (χ3v) is 7.32. The molecular formula is C26H37Cl2N7O3S. The molecule has 4 rings (SSSR count). The number of fused-ring (bicyclic) bond motifs is 1. The van der Waals surface area contributed by atoms with Crippen molar-refractivity contribution < 1.29 is 14.1 Å². The summed E-state index contributed by atoms with van der Waals surface area (Å²) in [5.41, 5.74) is 3.85. The number of nitrogens with one attached hydrogen (secondary N) is 2. The Morgan fingerprint density at radius 1 is 1.15 bits per heavy atom. The van der Waals surface area contributed by atoms with Crippen LogP contribution in [0.1, 0.15) is 35.7 Å². The molecule has 214 valence electrons. The Morgan fingerprint density at radius 2 is 1.92 bits per heavy atom. The maximum atomic E-state index is 13.3. The van der Waals surface area contributed by atoms with Gasteiger partial charge in [0.25, 0.3) is 5.91 Å². The third kappa shape index (κ3) is 8.39. The zero-order valence-electron chi connectivity index (χ0n) is 22.9. The number of likely N-dealkylation sites (N-methyl/N-ethyl adjacent to an activating group) is 1. The van der Waals surface area contributed by atoms with Gasteiger partial charge in [-0.25, -0.2) is 5.01 Å². The number of hydrogen-bond acceptors (Lipinski definition) is 9. The van der Waals surface area contributed by atoms with Crippen molar-refractivity contribution in [2.24, 2.45) is 0 Å². The Kier molecular flexibility index (Phi) is 12.2. The van der Waals surface area contributed by atoms with Crippen LogP contribution in [-0.4, -0.2) is 76.1 Å². The Morgan fingerprint density at radius 3 is 2.59 bits per heavy atom. The van der Waals surface area contributed by atoms with Gasteiger partial charge in [-0.1, -0.05) is 31.1 Å². The molecule has 0 saturated carbocycles. The first-order chi connectivity index (χ1) is 17.7. The molecule has 0 bridgehead atoms. The highest BCUT2D eigenvalue weighted by Crippen LogP contribution is 2.28. The molecule has 0 radical (unpaired) electrons. The molecule has 2 aromatic heterocycles. The zero-order chi connectivity index (χ0) is 26.5. The minimum atomic E-state index is -0.145. The van der Waals surface area contributed by atoms with Gasteiger partial charge >= 0.3 is 0 Å². The van der Waals surface area contributed by atoms with Crippen LogP contribution in [0.25, 0.3) is 11.4 Å². The number of hydrazine groups is 1. The van der Waals surface area contributed by atoms with Crippen molar-refractivity contribution in [3.05, 3.63) is 51.5 Å². The molecule has 39 heavy (non-hydrogen) atoms. The van der Waals surface area contributed by atoms with E-state index in [9.17, 15) is 9.59 Å². The Bertz CT molecular complexity index is 1230. The SMILES string of the molecule is Cc1nc(-c2ccc(C)c(NCC(=O)N(CCNC(C)C)CC(=O)N(C)N3Cc4ccsc4C3)c2)no1.Cl.Cl. The van der Waals surface area contributed by atoms with Crippen molar-refractivity contribution in [3.8, 4) is 11.4 Å². The lowest BCUT2D eigenvalue weighted by atomic mass is 10.1. The van der Waals surface area contributed by atoms with Crippen molar-refractivity contribution in [3.63, 3.8) is 0 Å². The van der Waals surface area contributed by atoms with Crippen molar-refractivity contribution >= 4 is 53.7 Å². The number of anilines is 1. The molecule has 0 atom stereocenters. The first kappa shape index (κ1) is 32.5. The fourth-order valence-corrected chi connectivity index (χ4v) is 5.04. The molecule has 13 heteroatoms. The number of halogens is 2. The predicted octanol–water partition coefficient (Wildman–Crippen LogP) is 3.89. The van der Waals surface area contributed by atoms with E-state index >= 15 is 0 Å². The lowest BCUT2D eigenvalue weighted by molar-refractivity contribution is -0.151. The third-order valence-electron chi connectivity index (χ3n) is 6.37. The van der Waals surface area contributed by atoms with Crippen LogP contribution >= 0.6 is 36.2 Å². The van der Waals surface area contributed by atoms with Crippen molar-refractivity contribution in [1.82, 2.24) is 30.4 Å². The fraction of sp³-hybridized carbons (Fsp3) is 0.462. The molecule has 0 unspecified atom stereocenters. The van der Waals surface area contributed by atoms with E-state index < -0.39 is 0 Å². The van der Waals surface area contributed by atoms with E-state index in [2.05, 4.69) is 46.1 Å². The van der Waals surface area contributed by atoms with Crippen LogP contribution in [0, 0.1) is 13.8 Å². The first-order valence-corrected chi connectivity index (χ1v) is 13.3. The lowest BCUT2D eigenvalue weighted by Gasteiger charge is -2.31. The summed E-state index contributed by atoms with van der Waals surface area (Å²) in [6.07, 6.45) is 0. The highest BCUT2D eigenvalue weighted by molar-refractivity contribution is 7.10. The highest BCUT2D eigenvalue weighted by Gasteiger charge is 2.28. The summed E-state index contributed by atoms with van der Waals surface area (Å²) in [4.78, 5) is 33.7. The smallest absolute Gasteiger partial charge is 0.256 e. The second-order valence-electron chi connectivity index (χ2n) is 9.55. The predicted molar refractivity (Wildman–Crippen MR) is 158 cm³/mol. The Balaban J connectivity index is 0.00000267. The maximum absolute atomic E-state index is 13.3. The summed E-state index contributed by atoms with van der Waals surface area (Å²) in [5, 5.41) is 16.3. The van der Waals surface area contributed by atoms with Crippen molar-refractivity contribution in [2.75, 3.05) is 38.5 Å². The van der Waals surface area contributed by atoms with E-state index in [0.29, 0.717) is 31.3 Å². The molecule has 1 aliphatic heterocycles. The number of rotatable bonds is 11. The number of amides is 2. The van der Waals surface area contributed by atoms with Crippen LogP contribution in [0.4, 0.5) is 5.69 Å². The number of nitrogens with zero attached hydrogens (tertiary/aromatic N) is 5. The van der Waals surface area contributed by atoms with E-state index in [-0.39, 0.29) is 55.8 Å². The van der Waals surface area contributed by atoms with Gasteiger partial charge in [-0.05, 0) is 35.6 Å². The number of aromatic nitrogens is 2. The quantitative estimate of drug-likeness (QED) is 0.343. The average Bonchev–Trinajstić information content (AvgIpc) is 3.58. The van der Waals surface area contributed by atoms with Gasteiger partial charge < -0.3 is 20.1 Å². The Hall–Kier alpha value is -2.70. The summed E-state index contributed by atoms with van der Waals surface area (Å²) in [6, 6.07) is 8.17. The average molecular weight is 599 g/mol. The minimum Gasteiger partial charge on any atom is -0.376 e. The second-order valence-corrected chi connectivity index (χ2v) is 10.6. The van der Waals surface area contributed by atoms with E-state index in [1.807, 2.05) is 30.1 Å². The van der Waals surface area contributed by atoms with E-state index in [1.54, 1.807) is 35.2 Å². The summed E-state index contributed by atoms with van der Waals surface area (Å²) in [6.45, 7) is 10.4. The van der Waals surface area contributed by atoms with Gasteiger partial charge in [0.2, 0.25) is 17.6 Å². The van der Waals surface area contributed by atoms with Gasteiger partial charge in [0, 0.05) is 55.8 Å². The van der Waals surface area contributed by atoms with Crippen molar-refractivity contribution in [2.45, 2.75) is 46.8 Å². The standard InChI is InChI=1S/C26H35N7O3S.2ClH/c1-17(2)27-9-10-32(16-25(35)31(5)33-14-21-8-11-37-23(21)15-33)24(34)13-28-22-12-20(7-6-18(22)3)26-29-19(4)36-30-26;;/h6-8,11-12,17,27-28H,9-10,13-16H2,1-5H3;2*1H. The molecule has 3 aromatic rings. The topological polar surface area (TPSA) is 107 Å². The van der Waals surface area contributed by atoms with Gasteiger partial charge in [0.1, 0.15) is 6.54 Å². The van der Waals surface area contributed by atoms with Crippen LogP contribution in [0.2, 0.25) is 0 Å². The summed E-state index contributed by atoms with van der Waals surface area (Å²) >= 11 is 1.71. The maximum Gasteiger partial charge on any atom is 0.256 e. The molecule has 1 aliphatic rings. The van der Waals surface area contributed by atoms with Crippen LogP contribution in [0.3, 0.4) is 0 Å². The minimum absolute atomic E-state index is 0. The van der Waals surface area contributed by atoms with Crippen LogP contribution in [-0.2, 0) is 22.7 Å². The molecule has 3 heterocycles. The number of thiophene rings is 1. The van der Waals surface area contributed by atoms with Gasteiger partial charge in [-0.2, -0.15) is 4.98 Å². The van der Waals surface area contributed by atoms with E-state index in [1.165, 1.54) is 10.4 Å².